The number of halogens is 1. The van der Waals surface area contributed by atoms with Crippen molar-refractivity contribution in [1.82, 2.24) is 9.78 Å². The lowest BCUT2D eigenvalue weighted by Crippen LogP contribution is -2.11. The van der Waals surface area contributed by atoms with Gasteiger partial charge in [0.05, 0.1) is 11.3 Å². The van der Waals surface area contributed by atoms with Crippen molar-refractivity contribution in [2.45, 2.75) is 20.4 Å². The summed E-state index contributed by atoms with van der Waals surface area (Å²) in [6, 6.07) is 5.44. The molecule has 1 heterocycles. The molecule has 0 saturated carbocycles. The summed E-state index contributed by atoms with van der Waals surface area (Å²) in [6.45, 7) is 3.87. The minimum atomic E-state index is -0.596. The second-order valence-corrected chi connectivity index (χ2v) is 5.33. The molecule has 0 unspecified atom stereocenters. The Morgan fingerprint density at radius 1 is 1.40 bits per heavy atom. The number of nitrogens with zero attached hydrogens (tertiary/aromatic N) is 3. The number of nitro groups is 1. The summed E-state index contributed by atoms with van der Waals surface area (Å²) in [5, 5.41) is 14.5. The minimum Gasteiger partial charge on any atom is -0.358 e. The summed E-state index contributed by atoms with van der Waals surface area (Å²) in [5.74, 6) is -0.434. The molecule has 0 amide bonds. The molecule has 104 valence electrons. The Kier molecular flexibility index (Phi) is 3.99. The van der Waals surface area contributed by atoms with E-state index in [0.717, 1.165) is 11.1 Å². The second kappa shape index (κ2) is 5.54. The maximum atomic E-state index is 12.1. The average molecular weight is 338 g/mol. The largest absolute Gasteiger partial charge is 0.404 e. The number of benzene rings is 1. The number of carbonyl (C=O) groups is 1. The van der Waals surface area contributed by atoms with Crippen LogP contribution >= 0.6 is 15.9 Å². The van der Waals surface area contributed by atoms with Crippen LogP contribution in [0.15, 0.2) is 28.9 Å². The first kappa shape index (κ1) is 14.4. The minimum absolute atomic E-state index is 0.0328. The lowest BCUT2D eigenvalue weighted by atomic mass is 10.0. The number of carbonyl (C=O) groups excluding carboxylic acids is 1. The van der Waals surface area contributed by atoms with Crippen molar-refractivity contribution in [3.8, 4) is 0 Å². The third-order valence-corrected chi connectivity index (χ3v) is 3.57. The summed E-state index contributed by atoms with van der Waals surface area (Å²) in [4.78, 5) is 22.2. The fourth-order valence-electron chi connectivity index (χ4n) is 1.74. The Hall–Kier alpha value is -2.02. The van der Waals surface area contributed by atoms with Crippen LogP contribution < -0.4 is 0 Å². The monoisotopic (exact) mass is 337 g/mol. The van der Waals surface area contributed by atoms with Crippen molar-refractivity contribution in [3.63, 3.8) is 0 Å². The van der Waals surface area contributed by atoms with Crippen LogP contribution in [0.2, 0.25) is 0 Å². The Balaban J connectivity index is 2.21. The fraction of sp³-hybridized carbons (Fsp3) is 0.231. The smallest absolute Gasteiger partial charge is 0.358 e. The van der Waals surface area contributed by atoms with Gasteiger partial charge in [-0.25, -0.2) is 0 Å². The quantitative estimate of drug-likeness (QED) is 0.488. The molecule has 7 heteroatoms. The highest BCUT2D eigenvalue weighted by molar-refractivity contribution is 9.10. The van der Waals surface area contributed by atoms with E-state index in [0.29, 0.717) is 5.56 Å². The molecule has 20 heavy (non-hydrogen) atoms. The van der Waals surface area contributed by atoms with E-state index in [2.05, 4.69) is 21.0 Å². The molecule has 0 N–H and O–H groups in total. The van der Waals surface area contributed by atoms with Gasteiger partial charge in [0.15, 0.2) is 5.78 Å². The van der Waals surface area contributed by atoms with E-state index >= 15 is 0 Å². The number of rotatable bonds is 4. The first-order chi connectivity index (χ1) is 9.38. The first-order valence-corrected chi connectivity index (χ1v) is 6.65. The topological polar surface area (TPSA) is 78.0 Å². The Morgan fingerprint density at radius 3 is 2.65 bits per heavy atom. The van der Waals surface area contributed by atoms with Crippen LogP contribution in [0.4, 0.5) is 5.82 Å². The highest BCUT2D eigenvalue weighted by atomic mass is 79.9. The summed E-state index contributed by atoms with van der Waals surface area (Å²) in [6.07, 6.45) is 1.43. The summed E-state index contributed by atoms with van der Waals surface area (Å²) < 4.78 is 1.52. The van der Waals surface area contributed by atoms with Gasteiger partial charge in [-0.05, 0) is 51.9 Å². The molecular weight excluding hydrogens is 326 g/mol. The molecule has 0 saturated heterocycles. The maximum Gasteiger partial charge on any atom is 0.404 e. The highest BCUT2D eigenvalue weighted by Crippen LogP contribution is 2.22. The standard InChI is InChI=1S/C13H12BrN3O3/c1-8-3-4-10(5-9(8)2)12(18)7-16-6-11(14)13(15-16)17(19)20/h3-6H,7H2,1-2H3. The van der Waals surface area contributed by atoms with E-state index < -0.39 is 4.92 Å². The van der Waals surface area contributed by atoms with Gasteiger partial charge in [0, 0.05) is 5.56 Å². The van der Waals surface area contributed by atoms with Crippen molar-refractivity contribution in [1.29, 1.82) is 0 Å². The summed E-state index contributed by atoms with van der Waals surface area (Å²) in [5.41, 5.74) is 2.71. The predicted molar refractivity (Wildman–Crippen MR) is 76.8 cm³/mol. The van der Waals surface area contributed by atoms with Crippen LogP contribution in [0.25, 0.3) is 0 Å². The zero-order valence-corrected chi connectivity index (χ0v) is 12.5. The number of aryl methyl sites for hydroxylation is 2. The highest BCUT2D eigenvalue weighted by Gasteiger charge is 2.20. The lowest BCUT2D eigenvalue weighted by molar-refractivity contribution is -0.390. The van der Waals surface area contributed by atoms with E-state index in [1.165, 1.54) is 10.9 Å². The van der Waals surface area contributed by atoms with Crippen molar-refractivity contribution in [2.24, 2.45) is 0 Å². The van der Waals surface area contributed by atoms with Gasteiger partial charge in [-0.1, -0.05) is 12.1 Å². The molecule has 1 aromatic heterocycles. The predicted octanol–water partition coefficient (Wildman–Crippen LogP) is 3.05. The summed E-state index contributed by atoms with van der Waals surface area (Å²) >= 11 is 3.05. The number of hydrogen-bond acceptors (Lipinski definition) is 4. The molecule has 0 aliphatic heterocycles. The van der Waals surface area contributed by atoms with Gasteiger partial charge < -0.3 is 10.1 Å². The number of Topliss-reactive ketones (excluding diaryl/α,β-unsaturated/α-hetero) is 1. The molecule has 0 aliphatic rings. The van der Waals surface area contributed by atoms with Crippen molar-refractivity contribution < 1.29 is 9.72 Å². The van der Waals surface area contributed by atoms with Gasteiger partial charge in [-0.15, -0.1) is 0 Å². The molecule has 0 spiro atoms. The third kappa shape index (κ3) is 2.93. The van der Waals surface area contributed by atoms with Crippen LogP contribution in [0.3, 0.4) is 0 Å². The number of hydrogen-bond donors (Lipinski definition) is 0. The summed E-state index contributed by atoms with van der Waals surface area (Å²) in [7, 11) is 0. The van der Waals surface area contributed by atoms with Gasteiger partial charge in [0.25, 0.3) is 0 Å². The lowest BCUT2D eigenvalue weighted by Gasteiger charge is -2.03. The molecule has 2 rings (SSSR count). The molecule has 2 aromatic rings. The van der Waals surface area contributed by atoms with Crippen LogP contribution in [0.1, 0.15) is 21.5 Å². The SMILES string of the molecule is Cc1ccc(C(=O)Cn2cc(Br)c([N+](=O)[O-])n2)cc1C. The van der Waals surface area contributed by atoms with E-state index in [1.54, 1.807) is 6.07 Å². The zero-order valence-electron chi connectivity index (χ0n) is 11.0. The first-order valence-electron chi connectivity index (χ1n) is 5.86. The molecule has 6 nitrogen and oxygen atoms in total. The van der Waals surface area contributed by atoms with E-state index in [9.17, 15) is 14.9 Å². The molecule has 0 fully saturated rings. The molecule has 0 aliphatic carbocycles. The Morgan fingerprint density at radius 2 is 2.10 bits per heavy atom. The van der Waals surface area contributed by atoms with Crippen molar-refractivity contribution in [3.05, 3.63) is 55.7 Å². The van der Waals surface area contributed by atoms with Gasteiger partial charge in [-0.3, -0.25) is 4.79 Å². The van der Waals surface area contributed by atoms with E-state index in [1.807, 2.05) is 26.0 Å². The van der Waals surface area contributed by atoms with Crippen LogP contribution in [0, 0.1) is 24.0 Å². The molecular formula is C13H12BrN3O3. The Labute approximate surface area is 123 Å². The van der Waals surface area contributed by atoms with Crippen LogP contribution in [-0.4, -0.2) is 20.5 Å². The maximum absolute atomic E-state index is 12.1. The van der Waals surface area contributed by atoms with Gasteiger partial charge in [0.1, 0.15) is 11.0 Å². The van der Waals surface area contributed by atoms with Gasteiger partial charge in [-0.2, -0.15) is 4.68 Å². The van der Waals surface area contributed by atoms with Crippen LogP contribution in [0.5, 0.6) is 0 Å². The molecule has 0 radical (unpaired) electrons. The number of ketones is 1. The molecule has 0 bridgehead atoms. The number of aromatic nitrogens is 2. The second-order valence-electron chi connectivity index (χ2n) is 4.48. The van der Waals surface area contributed by atoms with Gasteiger partial charge >= 0.3 is 5.82 Å². The average Bonchev–Trinajstić information content (AvgIpc) is 2.73. The van der Waals surface area contributed by atoms with Crippen LogP contribution in [-0.2, 0) is 6.54 Å². The fourth-order valence-corrected chi connectivity index (χ4v) is 2.21. The van der Waals surface area contributed by atoms with E-state index in [4.69, 9.17) is 0 Å². The van der Waals surface area contributed by atoms with Gasteiger partial charge in [0.2, 0.25) is 0 Å². The molecule has 0 atom stereocenters. The normalized spacial score (nSPS) is 10.6. The van der Waals surface area contributed by atoms with E-state index in [-0.39, 0.29) is 22.6 Å². The van der Waals surface area contributed by atoms with Crippen molar-refractivity contribution >= 4 is 27.5 Å². The third-order valence-electron chi connectivity index (χ3n) is 3.01. The van der Waals surface area contributed by atoms with Crippen molar-refractivity contribution in [2.75, 3.05) is 0 Å². The zero-order chi connectivity index (χ0) is 14.9. The molecule has 1 aromatic carbocycles. The Bertz CT molecular complexity index is 694.